The molecule has 0 aliphatic heterocycles. The first kappa shape index (κ1) is 10.9. The lowest BCUT2D eigenvalue weighted by Gasteiger charge is -2.40. The Kier molecular flexibility index (Phi) is 2.74. The van der Waals surface area contributed by atoms with Gasteiger partial charge in [0.05, 0.1) is 5.41 Å². The lowest BCUT2D eigenvalue weighted by molar-refractivity contribution is -0.136. The van der Waals surface area contributed by atoms with Crippen molar-refractivity contribution in [2.45, 2.75) is 52.9 Å². The van der Waals surface area contributed by atoms with Crippen LogP contribution in [0.5, 0.6) is 0 Å². The Bertz CT molecular complexity index is 302. The number of ketones is 1. The van der Waals surface area contributed by atoms with Gasteiger partial charge in [0.15, 0.2) is 0 Å². The Balaban J connectivity index is 2.31. The van der Waals surface area contributed by atoms with E-state index in [1.54, 1.807) is 0 Å². The second-order valence-corrected chi connectivity index (χ2v) is 5.48. The molecule has 1 nitrogen and oxygen atoms in total. The Morgan fingerprint density at radius 1 is 1.47 bits per heavy atom. The topological polar surface area (TPSA) is 17.1 Å². The zero-order valence-corrected chi connectivity index (χ0v) is 10.2. The summed E-state index contributed by atoms with van der Waals surface area (Å²) < 4.78 is 0. The van der Waals surface area contributed by atoms with Crippen molar-refractivity contribution in [2.24, 2.45) is 17.3 Å². The molecule has 0 bridgehead atoms. The number of carbonyl (C=O) groups excluding carboxylic acids is 1. The number of carbonyl (C=O) groups is 1. The number of hydrogen-bond donors (Lipinski definition) is 0. The van der Waals surface area contributed by atoms with Crippen LogP contribution in [0.1, 0.15) is 52.9 Å². The van der Waals surface area contributed by atoms with Gasteiger partial charge in [-0.1, -0.05) is 25.5 Å². The molecule has 3 atom stereocenters. The van der Waals surface area contributed by atoms with Gasteiger partial charge < -0.3 is 0 Å². The SMILES string of the molecule is CCC1CC[C@@H](C)[C@@]2(C=C(C)CC2)C1=O. The monoisotopic (exact) mass is 206 g/mol. The summed E-state index contributed by atoms with van der Waals surface area (Å²) in [6, 6.07) is 0. The predicted molar refractivity (Wildman–Crippen MR) is 62.6 cm³/mol. The zero-order valence-electron chi connectivity index (χ0n) is 10.2. The molecule has 84 valence electrons. The van der Waals surface area contributed by atoms with Gasteiger partial charge in [0, 0.05) is 5.92 Å². The van der Waals surface area contributed by atoms with Crippen molar-refractivity contribution in [3.63, 3.8) is 0 Å². The number of rotatable bonds is 1. The molecule has 0 aromatic carbocycles. The van der Waals surface area contributed by atoms with Gasteiger partial charge in [0.2, 0.25) is 0 Å². The van der Waals surface area contributed by atoms with Crippen LogP contribution < -0.4 is 0 Å². The molecule has 0 heterocycles. The van der Waals surface area contributed by atoms with Gasteiger partial charge in [-0.05, 0) is 44.9 Å². The van der Waals surface area contributed by atoms with Crippen LogP contribution >= 0.6 is 0 Å². The van der Waals surface area contributed by atoms with E-state index >= 15 is 0 Å². The molecule has 1 heteroatoms. The summed E-state index contributed by atoms with van der Waals surface area (Å²) >= 11 is 0. The van der Waals surface area contributed by atoms with Crippen LogP contribution in [0.2, 0.25) is 0 Å². The summed E-state index contributed by atoms with van der Waals surface area (Å²) in [6.45, 7) is 6.58. The van der Waals surface area contributed by atoms with E-state index in [9.17, 15) is 4.79 Å². The van der Waals surface area contributed by atoms with Crippen molar-refractivity contribution >= 4 is 5.78 Å². The smallest absolute Gasteiger partial charge is 0.146 e. The summed E-state index contributed by atoms with van der Waals surface area (Å²) in [6.07, 6.45) is 7.88. The van der Waals surface area contributed by atoms with E-state index in [-0.39, 0.29) is 5.41 Å². The Morgan fingerprint density at radius 2 is 2.20 bits per heavy atom. The van der Waals surface area contributed by atoms with E-state index in [0.29, 0.717) is 17.6 Å². The van der Waals surface area contributed by atoms with Crippen molar-refractivity contribution in [3.8, 4) is 0 Å². The second-order valence-electron chi connectivity index (χ2n) is 5.48. The van der Waals surface area contributed by atoms with Crippen LogP contribution in [0.25, 0.3) is 0 Å². The first-order valence-electron chi connectivity index (χ1n) is 6.33. The highest BCUT2D eigenvalue weighted by Crippen LogP contribution is 2.50. The Morgan fingerprint density at radius 3 is 2.73 bits per heavy atom. The van der Waals surface area contributed by atoms with Crippen molar-refractivity contribution in [2.75, 3.05) is 0 Å². The molecular formula is C14H22O. The van der Waals surface area contributed by atoms with Crippen LogP contribution in [0.4, 0.5) is 0 Å². The minimum atomic E-state index is -0.0665. The van der Waals surface area contributed by atoms with E-state index in [1.807, 2.05) is 0 Å². The molecule has 2 aliphatic carbocycles. The normalized spacial score (nSPS) is 41.0. The quantitative estimate of drug-likeness (QED) is 0.597. The molecule has 2 aliphatic rings. The van der Waals surface area contributed by atoms with Crippen LogP contribution in [0.15, 0.2) is 11.6 Å². The van der Waals surface area contributed by atoms with Crippen LogP contribution in [-0.2, 0) is 4.79 Å². The van der Waals surface area contributed by atoms with Crippen molar-refractivity contribution in [3.05, 3.63) is 11.6 Å². The average molecular weight is 206 g/mol. The van der Waals surface area contributed by atoms with Gasteiger partial charge >= 0.3 is 0 Å². The van der Waals surface area contributed by atoms with Crippen LogP contribution in [0.3, 0.4) is 0 Å². The fraction of sp³-hybridized carbons (Fsp3) is 0.786. The maximum atomic E-state index is 12.5. The first-order chi connectivity index (χ1) is 7.10. The van der Waals surface area contributed by atoms with E-state index in [2.05, 4.69) is 26.8 Å². The summed E-state index contributed by atoms with van der Waals surface area (Å²) in [7, 11) is 0. The van der Waals surface area contributed by atoms with Crippen molar-refractivity contribution in [1.82, 2.24) is 0 Å². The summed E-state index contributed by atoms with van der Waals surface area (Å²) in [5.74, 6) is 1.44. The van der Waals surface area contributed by atoms with Gasteiger partial charge in [-0.15, -0.1) is 0 Å². The van der Waals surface area contributed by atoms with E-state index in [0.717, 1.165) is 25.7 Å². The third-order valence-corrected chi connectivity index (χ3v) is 4.59. The van der Waals surface area contributed by atoms with E-state index < -0.39 is 0 Å². The third-order valence-electron chi connectivity index (χ3n) is 4.59. The molecule has 1 fully saturated rings. The molecule has 0 amide bonds. The molecule has 0 saturated heterocycles. The molecule has 1 saturated carbocycles. The largest absolute Gasteiger partial charge is 0.298 e. The van der Waals surface area contributed by atoms with Gasteiger partial charge in [0.1, 0.15) is 5.78 Å². The summed E-state index contributed by atoms with van der Waals surface area (Å²) in [5.41, 5.74) is 1.36. The molecule has 1 spiro atoms. The van der Waals surface area contributed by atoms with Gasteiger partial charge in [-0.25, -0.2) is 0 Å². The Labute approximate surface area is 92.9 Å². The molecule has 0 aromatic rings. The second kappa shape index (κ2) is 3.77. The first-order valence-corrected chi connectivity index (χ1v) is 6.33. The predicted octanol–water partition coefficient (Wildman–Crippen LogP) is 3.74. The van der Waals surface area contributed by atoms with Gasteiger partial charge in [-0.2, -0.15) is 0 Å². The minimum absolute atomic E-state index is 0.0665. The third kappa shape index (κ3) is 1.56. The molecular weight excluding hydrogens is 184 g/mol. The van der Waals surface area contributed by atoms with E-state index in [4.69, 9.17) is 0 Å². The molecule has 15 heavy (non-hydrogen) atoms. The fourth-order valence-corrected chi connectivity index (χ4v) is 3.42. The van der Waals surface area contributed by atoms with Crippen LogP contribution in [-0.4, -0.2) is 5.78 Å². The number of Topliss-reactive ketones (excluding diaryl/α,β-unsaturated/α-hetero) is 1. The molecule has 0 aromatic heterocycles. The summed E-state index contributed by atoms with van der Waals surface area (Å²) in [4.78, 5) is 12.5. The summed E-state index contributed by atoms with van der Waals surface area (Å²) in [5, 5.41) is 0. The zero-order chi connectivity index (χ0) is 11.1. The average Bonchev–Trinajstić information content (AvgIpc) is 2.60. The maximum absolute atomic E-state index is 12.5. The minimum Gasteiger partial charge on any atom is -0.298 e. The highest BCUT2D eigenvalue weighted by atomic mass is 16.1. The van der Waals surface area contributed by atoms with Gasteiger partial charge in [0.25, 0.3) is 0 Å². The lowest BCUT2D eigenvalue weighted by atomic mass is 9.62. The fourth-order valence-electron chi connectivity index (χ4n) is 3.42. The van der Waals surface area contributed by atoms with Crippen LogP contribution in [0, 0.1) is 17.3 Å². The Hall–Kier alpha value is -0.590. The lowest BCUT2D eigenvalue weighted by Crippen LogP contribution is -2.42. The van der Waals surface area contributed by atoms with E-state index in [1.165, 1.54) is 12.0 Å². The standard InChI is InChI=1S/C14H22O/c1-4-12-6-5-11(3)14(13(12)15)8-7-10(2)9-14/h9,11-12H,4-8H2,1-3H3/t11-,12?,14-/m1/s1. The number of hydrogen-bond acceptors (Lipinski definition) is 1. The molecule has 0 radical (unpaired) electrons. The van der Waals surface area contributed by atoms with Gasteiger partial charge in [-0.3, -0.25) is 4.79 Å². The molecule has 0 N–H and O–H groups in total. The number of allylic oxidation sites excluding steroid dienone is 2. The highest BCUT2D eigenvalue weighted by Gasteiger charge is 2.48. The highest BCUT2D eigenvalue weighted by molar-refractivity contribution is 5.90. The van der Waals surface area contributed by atoms with Crippen molar-refractivity contribution in [1.29, 1.82) is 0 Å². The molecule has 1 unspecified atom stereocenters. The molecule has 2 rings (SSSR count). The van der Waals surface area contributed by atoms with Crippen molar-refractivity contribution < 1.29 is 4.79 Å². The maximum Gasteiger partial charge on any atom is 0.146 e.